The number of nitrogens with zero attached hydrogens (tertiary/aromatic N) is 8. The van der Waals surface area contributed by atoms with Crippen LogP contribution in [-0.2, 0) is 24.9 Å². The first-order valence-electron chi connectivity index (χ1n) is 13.1. The zero-order chi connectivity index (χ0) is 27.5. The number of aryl methyl sites for hydroxylation is 2. The van der Waals surface area contributed by atoms with E-state index in [2.05, 4.69) is 15.4 Å². The molecule has 11 heteroatoms. The monoisotopic (exact) mass is 529 g/mol. The molecule has 0 aliphatic carbocycles. The van der Waals surface area contributed by atoms with Crippen molar-refractivity contribution in [1.29, 1.82) is 0 Å². The SMILES string of the molecule is Cc1nn(C)cc1Nc1ncc2c(n1)N(C1CCN(C(=O)/C=C/CN(C)C)C1)C(=O)N(Cc1ccccc1)C2. The van der Waals surface area contributed by atoms with Crippen molar-refractivity contribution in [1.82, 2.24) is 34.4 Å². The van der Waals surface area contributed by atoms with Gasteiger partial charge in [0.1, 0.15) is 5.82 Å². The highest BCUT2D eigenvalue weighted by Crippen LogP contribution is 2.33. The fraction of sp³-hybridized carbons (Fsp3) is 0.393. The first-order valence-corrected chi connectivity index (χ1v) is 13.1. The first-order chi connectivity index (χ1) is 18.8. The highest BCUT2D eigenvalue weighted by atomic mass is 16.2. The average Bonchev–Trinajstić information content (AvgIpc) is 3.51. The molecule has 0 bridgehead atoms. The Labute approximate surface area is 228 Å². The second-order valence-electron chi connectivity index (χ2n) is 10.4. The second-order valence-corrected chi connectivity index (χ2v) is 10.4. The molecule has 5 rings (SSSR count). The van der Waals surface area contributed by atoms with Gasteiger partial charge in [0.25, 0.3) is 0 Å². The Balaban J connectivity index is 1.42. The van der Waals surface area contributed by atoms with Crippen LogP contribution in [0.25, 0.3) is 0 Å². The van der Waals surface area contributed by atoms with Crippen molar-refractivity contribution in [2.45, 2.75) is 32.5 Å². The fourth-order valence-electron chi connectivity index (χ4n) is 5.02. The Morgan fingerprint density at radius 1 is 1.23 bits per heavy atom. The molecule has 4 heterocycles. The van der Waals surface area contributed by atoms with Gasteiger partial charge in [0.05, 0.1) is 24.0 Å². The summed E-state index contributed by atoms with van der Waals surface area (Å²) in [5.41, 5.74) is 3.55. The number of carbonyl (C=O) groups excluding carboxylic acids is 2. The Morgan fingerprint density at radius 2 is 2.03 bits per heavy atom. The third-order valence-corrected chi connectivity index (χ3v) is 6.96. The van der Waals surface area contributed by atoms with E-state index in [1.54, 1.807) is 26.8 Å². The molecule has 2 aliphatic rings. The van der Waals surface area contributed by atoms with Gasteiger partial charge in [-0.05, 0) is 33.0 Å². The number of carbonyl (C=O) groups is 2. The number of rotatable bonds is 8. The number of benzene rings is 1. The van der Waals surface area contributed by atoms with Crippen molar-refractivity contribution in [3.8, 4) is 0 Å². The zero-order valence-corrected chi connectivity index (χ0v) is 22.9. The van der Waals surface area contributed by atoms with Gasteiger partial charge >= 0.3 is 6.03 Å². The van der Waals surface area contributed by atoms with Crippen LogP contribution in [0.15, 0.2) is 54.9 Å². The molecule has 204 valence electrons. The molecule has 1 unspecified atom stereocenters. The quantitative estimate of drug-likeness (QED) is 0.448. The normalized spacial score (nSPS) is 17.4. The number of likely N-dealkylation sites (N-methyl/N-ethyl adjacent to an activating group) is 1. The Morgan fingerprint density at radius 3 is 2.74 bits per heavy atom. The van der Waals surface area contributed by atoms with Gasteiger partial charge in [-0.2, -0.15) is 10.1 Å². The van der Waals surface area contributed by atoms with Gasteiger partial charge in [-0.1, -0.05) is 36.4 Å². The van der Waals surface area contributed by atoms with Crippen LogP contribution < -0.4 is 10.2 Å². The Hall–Kier alpha value is -4.25. The molecule has 11 nitrogen and oxygen atoms in total. The summed E-state index contributed by atoms with van der Waals surface area (Å²) in [6.45, 7) is 4.53. The lowest BCUT2D eigenvalue weighted by Gasteiger charge is -2.39. The molecule has 0 spiro atoms. The van der Waals surface area contributed by atoms with Crippen LogP contribution in [0.1, 0.15) is 23.2 Å². The van der Waals surface area contributed by atoms with Gasteiger partial charge in [0.2, 0.25) is 11.9 Å². The summed E-state index contributed by atoms with van der Waals surface area (Å²) in [5.74, 6) is 0.949. The molecule has 2 aromatic heterocycles. The molecule has 1 N–H and O–H groups in total. The van der Waals surface area contributed by atoms with E-state index in [0.29, 0.717) is 50.9 Å². The molecule has 2 aliphatic heterocycles. The maximum absolute atomic E-state index is 14.0. The number of urea groups is 1. The summed E-state index contributed by atoms with van der Waals surface area (Å²) >= 11 is 0. The van der Waals surface area contributed by atoms with E-state index in [4.69, 9.17) is 4.98 Å². The lowest BCUT2D eigenvalue weighted by atomic mass is 10.1. The highest BCUT2D eigenvalue weighted by molar-refractivity contribution is 5.95. The standard InChI is InChI=1S/C28H35N9O2/c1-20-24(19-34(4)32-20)30-27-29-15-22-17-36(16-21-9-6-5-7-10-21)28(39)37(26(22)31-27)23-12-14-35(18-23)25(38)11-8-13-33(2)3/h5-11,15,19,23H,12-14,16-18H2,1-4H3,(H,29,30,31)/b11-8+. The molecule has 3 aromatic rings. The van der Waals surface area contributed by atoms with Gasteiger partial charge in [0.15, 0.2) is 0 Å². The van der Waals surface area contributed by atoms with Crippen LogP contribution in [0.5, 0.6) is 0 Å². The summed E-state index contributed by atoms with van der Waals surface area (Å²) in [7, 11) is 5.78. The number of amides is 3. The first kappa shape index (κ1) is 26.4. The number of anilines is 3. The topological polar surface area (TPSA) is 103 Å². The zero-order valence-electron chi connectivity index (χ0n) is 22.9. The van der Waals surface area contributed by atoms with Crippen molar-refractivity contribution < 1.29 is 9.59 Å². The van der Waals surface area contributed by atoms with Crippen molar-refractivity contribution in [3.63, 3.8) is 0 Å². The van der Waals surface area contributed by atoms with Gasteiger partial charge in [-0.15, -0.1) is 0 Å². The summed E-state index contributed by atoms with van der Waals surface area (Å²) in [6, 6.07) is 9.64. The molecule has 0 radical (unpaired) electrons. The minimum atomic E-state index is -0.191. The van der Waals surface area contributed by atoms with E-state index in [1.807, 2.05) is 80.5 Å². The fourth-order valence-corrected chi connectivity index (χ4v) is 5.02. The maximum atomic E-state index is 14.0. The Kier molecular flexibility index (Phi) is 7.60. The minimum Gasteiger partial charge on any atom is -0.337 e. The highest BCUT2D eigenvalue weighted by Gasteiger charge is 2.40. The molecule has 1 atom stereocenters. The van der Waals surface area contributed by atoms with Gasteiger partial charge < -0.3 is 20.0 Å². The van der Waals surface area contributed by atoms with Crippen molar-refractivity contribution in [2.75, 3.05) is 43.9 Å². The van der Waals surface area contributed by atoms with E-state index in [9.17, 15) is 9.59 Å². The summed E-state index contributed by atoms with van der Waals surface area (Å²) < 4.78 is 1.73. The smallest absolute Gasteiger partial charge is 0.326 e. The van der Waals surface area contributed by atoms with Gasteiger partial charge in [0, 0.05) is 57.3 Å². The summed E-state index contributed by atoms with van der Waals surface area (Å²) in [4.78, 5) is 43.6. The second kappa shape index (κ2) is 11.2. The molecular formula is C28H35N9O2. The predicted molar refractivity (Wildman–Crippen MR) is 150 cm³/mol. The van der Waals surface area contributed by atoms with Crippen molar-refractivity contribution >= 4 is 29.4 Å². The van der Waals surface area contributed by atoms with Crippen LogP contribution in [0.2, 0.25) is 0 Å². The summed E-state index contributed by atoms with van der Waals surface area (Å²) in [6.07, 6.45) is 7.81. The molecule has 1 saturated heterocycles. The van der Waals surface area contributed by atoms with Crippen LogP contribution in [-0.4, -0.2) is 86.2 Å². The van der Waals surface area contributed by atoms with Gasteiger partial charge in [-0.25, -0.2) is 9.78 Å². The number of nitrogens with one attached hydrogen (secondary N) is 1. The van der Waals surface area contributed by atoms with E-state index in [-0.39, 0.29) is 18.0 Å². The number of fused-ring (bicyclic) bond motifs is 1. The summed E-state index contributed by atoms with van der Waals surface area (Å²) in [5, 5.41) is 7.62. The maximum Gasteiger partial charge on any atom is 0.326 e. The lowest BCUT2D eigenvalue weighted by molar-refractivity contribution is -0.125. The van der Waals surface area contributed by atoms with Crippen molar-refractivity contribution in [2.24, 2.45) is 7.05 Å². The molecule has 39 heavy (non-hydrogen) atoms. The minimum absolute atomic E-state index is 0.0396. The van der Waals surface area contributed by atoms with Crippen LogP contribution in [0, 0.1) is 6.92 Å². The number of likely N-dealkylation sites (tertiary alicyclic amines) is 1. The Bertz CT molecular complexity index is 1370. The predicted octanol–water partition coefficient (Wildman–Crippen LogP) is 2.92. The van der Waals surface area contributed by atoms with Crippen LogP contribution >= 0.6 is 0 Å². The number of hydrogen-bond donors (Lipinski definition) is 1. The van der Waals surface area contributed by atoms with E-state index >= 15 is 0 Å². The number of hydrogen-bond acceptors (Lipinski definition) is 7. The van der Waals surface area contributed by atoms with E-state index < -0.39 is 0 Å². The molecule has 3 amide bonds. The van der Waals surface area contributed by atoms with Gasteiger partial charge in [-0.3, -0.25) is 14.4 Å². The average molecular weight is 530 g/mol. The third kappa shape index (κ3) is 5.93. The third-order valence-electron chi connectivity index (χ3n) is 6.96. The molecule has 1 aromatic carbocycles. The van der Waals surface area contributed by atoms with Crippen LogP contribution in [0.3, 0.4) is 0 Å². The molecule has 1 fully saturated rings. The lowest BCUT2D eigenvalue weighted by Crippen LogP contribution is -2.52. The molecular weight excluding hydrogens is 494 g/mol. The molecule has 0 saturated carbocycles. The number of aromatic nitrogens is 4. The van der Waals surface area contributed by atoms with E-state index in [1.165, 1.54) is 0 Å². The van der Waals surface area contributed by atoms with Crippen LogP contribution in [0.4, 0.5) is 22.2 Å². The van der Waals surface area contributed by atoms with Crippen molar-refractivity contribution in [3.05, 3.63) is 71.7 Å². The largest absolute Gasteiger partial charge is 0.337 e. The van der Waals surface area contributed by atoms with E-state index in [0.717, 1.165) is 22.5 Å².